The molecule has 4 N–H and O–H groups in total. The molecule has 0 radical (unpaired) electrons. The van der Waals surface area contributed by atoms with Gasteiger partial charge in [-0.25, -0.2) is 4.79 Å². The average molecular weight is 497 g/mol. The Kier molecular flexibility index (Phi) is 11.9. The van der Waals surface area contributed by atoms with Crippen LogP contribution >= 0.6 is 11.8 Å². The fraction of sp³-hybridized carbons (Fsp3) is 0.565. The first-order chi connectivity index (χ1) is 15.9. The van der Waals surface area contributed by atoms with Crippen molar-refractivity contribution in [2.75, 3.05) is 32.6 Å². The minimum absolute atomic E-state index is 0.314. The van der Waals surface area contributed by atoms with Gasteiger partial charge >= 0.3 is 6.09 Å². The molecule has 1 aromatic carbocycles. The van der Waals surface area contributed by atoms with E-state index >= 15 is 0 Å². The number of hydrogen-bond acceptors (Lipinski definition) is 7. The van der Waals surface area contributed by atoms with Gasteiger partial charge in [-0.2, -0.15) is 11.8 Å². The summed E-state index contributed by atoms with van der Waals surface area (Å²) in [6.07, 6.45) is -0.175. The molecule has 3 atom stereocenters. The molecule has 11 heteroatoms. The average Bonchev–Trinajstić information content (AvgIpc) is 2.76. The van der Waals surface area contributed by atoms with Gasteiger partial charge in [0.2, 0.25) is 11.8 Å². The van der Waals surface area contributed by atoms with Crippen LogP contribution in [0.25, 0.3) is 0 Å². The number of likely N-dealkylation sites (N-methyl/N-ethyl adjacent to an activating group) is 1. The van der Waals surface area contributed by atoms with E-state index in [9.17, 15) is 24.3 Å². The topological polar surface area (TPSA) is 137 Å². The Balaban J connectivity index is 2.77. The van der Waals surface area contributed by atoms with E-state index in [0.29, 0.717) is 17.7 Å². The second-order valence-corrected chi connectivity index (χ2v) is 9.83. The van der Waals surface area contributed by atoms with Crippen LogP contribution in [-0.2, 0) is 19.1 Å². The van der Waals surface area contributed by atoms with Gasteiger partial charge in [0, 0.05) is 14.1 Å². The van der Waals surface area contributed by atoms with Gasteiger partial charge < -0.3 is 30.7 Å². The molecule has 0 aliphatic carbocycles. The number of nitrogens with one attached hydrogen (secondary N) is 3. The Morgan fingerprint density at radius 1 is 1.09 bits per heavy atom. The first-order valence-electron chi connectivity index (χ1n) is 10.9. The Morgan fingerprint density at radius 3 is 2.24 bits per heavy atom. The number of benzene rings is 1. The standard InChI is InChI=1S/C23H36N4O6S/c1-23(2,3)33-22(32)25-16(12-13-34-6)19(29)20(30)24-14-17(28)26-18(21(31)27(4)5)15-10-8-7-9-11-15/h7-11,16,18-19,29H,12-14H2,1-6H3,(H,24,30)(H,25,32)(H,26,28). The molecule has 1 aromatic rings. The molecule has 0 saturated heterocycles. The zero-order chi connectivity index (χ0) is 25.9. The quantitative estimate of drug-likeness (QED) is 0.359. The summed E-state index contributed by atoms with van der Waals surface area (Å²) >= 11 is 1.49. The fourth-order valence-electron chi connectivity index (χ4n) is 2.87. The van der Waals surface area contributed by atoms with Crippen LogP contribution in [0, 0.1) is 0 Å². The fourth-order valence-corrected chi connectivity index (χ4v) is 3.36. The maximum Gasteiger partial charge on any atom is 0.407 e. The highest BCUT2D eigenvalue weighted by Crippen LogP contribution is 2.15. The molecule has 0 fully saturated rings. The van der Waals surface area contributed by atoms with Crippen LogP contribution < -0.4 is 16.0 Å². The van der Waals surface area contributed by atoms with Crippen LogP contribution in [0.5, 0.6) is 0 Å². The van der Waals surface area contributed by atoms with Gasteiger partial charge in [0.1, 0.15) is 11.6 Å². The van der Waals surface area contributed by atoms with Gasteiger partial charge in [0.15, 0.2) is 6.10 Å². The van der Waals surface area contributed by atoms with Crippen molar-refractivity contribution in [3.63, 3.8) is 0 Å². The first kappa shape index (κ1) is 29.2. The lowest BCUT2D eigenvalue weighted by Gasteiger charge is -2.26. The molecule has 190 valence electrons. The summed E-state index contributed by atoms with van der Waals surface area (Å²) in [6, 6.07) is 6.90. The Hall–Kier alpha value is -2.79. The lowest BCUT2D eigenvalue weighted by Crippen LogP contribution is -2.53. The molecular weight excluding hydrogens is 460 g/mol. The van der Waals surface area contributed by atoms with Gasteiger partial charge in [-0.1, -0.05) is 30.3 Å². The smallest absolute Gasteiger partial charge is 0.407 e. The number of alkyl carbamates (subject to hydrolysis) is 1. The van der Waals surface area contributed by atoms with E-state index in [1.54, 1.807) is 65.2 Å². The van der Waals surface area contributed by atoms with E-state index in [4.69, 9.17) is 4.74 Å². The molecule has 0 heterocycles. The van der Waals surface area contributed by atoms with Crippen LogP contribution in [0.3, 0.4) is 0 Å². The van der Waals surface area contributed by atoms with E-state index in [1.807, 2.05) is 6.26 Å². The third-order valence-electron chi connectivity index (χ3n) is 4.53. The van der Waals surface area contributed by atoms with Crippen LogP contribution in [0.4, 0.5) is 4.79 Å². The molecule has 0 spiro atoms. The van der Waals surface area contributed by atoms with E-state index in [1.165, 1.54) is 16.7 Å². The Labute approximate surface area is 205 Å². The third-order valence-corrected chi connectivity index (χ3v) is 5.18. The van der Waals surface area contributed by atoms with Gasteiger partial charge in [0.25, 0.3) is 5.91 Å². The van der Waals surface area contributed by atoms with Crippen molar-refractivity contribution < 1.29 is 29.0 Å². The van der Waals surface area contributed by atoms with E-state index in [0.717, 1.165) is 0 Å². The number of hydrogen-bond donors (Lipinski definition) is 4. The summed E-state index contributed by atoms with van der Waals surface area (Å²) in [5.74, 6) is -1.18. The summed E-state index contributed by atoms with van der Waals surface area (Å²) < 4.78 is 5.20. The lowest BCUT2D eigenvalue weighted by molar-refractivity contribution is -0.135. The molecule has 34 heavy (non-hydrogen) atoms. The van der Waals surface area contributed by atoms with Crippen LogP contribution in [0.15, 0.2) is 30.3 Å². The minimum Gasteiger partial charge on any atom is -0.444 e. The monoisotopic (exact) mass is 496 g/mol. The summed E-state index contributed by atoms with van der Waals surface area (Å²) in [5, 5.41) is 18.0. The second-order valence-electron chi connectivity index (χ2n) is 8.84. The highest BCUT2D eigenvalue weighted by atomic mass is 32.2. The number of rotatable bonds is 11. The summed E-state index contributed by atoms with van der Waals surface area (Å²) in [5.41, 5.74) is -0.141. The van der Waals surface area contributed by atoms with Gasteiger partial charge in [-0.15, -0.1) is 0 Å². The van der Waals surface area contributed by atoms with E-state index in [2.05, 4.69) is 16.0 Å². The van der Waals surface area contributed by atoms with Gasteiger partial charge in [-0.05, 0) is 44.8 Å². The van der Waals surface area contributed by atoms with Crippen molar-refractivity contribution in [3.8, 4) is 0 Å². The van der Waals surface area contributed by atoms with Crippen molar-refractivity contribution in [2.24, 2.45) is 0 Å². The van der Waals surface area contributed by atoms with Gasteiger partial charge in [-0.3, -0.25) is 14.4 Å². The Bertz CT molecular complexity index is 828. The van der Waals surface area contributed by atoms with Crippen molar-refractivity contribution in [1.29, 1.82) is 0 Å². The molecule has 1 rings (SSSR count). The minimum atomic E-state index is -1.60. The Morgan fingerprint density at radius 2 is 1.71 bits per heavy atom. The van der Waals surface area contributed by atoms with Crippen molar-refractivity contribution >= 4 is 35.6 Å². The third kappa shape index (κ3) is 10.4. The number of nitrogens with zero attached hydrogens (tertiary/aromatic N) is 1. The van der Waals surface area contributed by atoms with Crippen LogP contribution in [-0.4, -0.2) is 84.2 Å². The number of amides is 4. The van der Waals surface area contributed by atoms with Crippen LogP contribution in [0.2, 0.25) is 0 Å². The summed E-state index contributed by atoms with van der Waals surface area (Å²) in [6.45, 7) is 4.65. The SMILES string of the molecule is CSCCC(NC(=O)OC(C)(C)C)C(O)C(=O)NCC(=O)NC(C(=O)N(C)C)c1ccccc1. The predicted octanol–water partition coefficient (Wildman–Crippen LogP) is 1.06. The predicted molar refractivity (Wildman–Crippen MR) is 131 cm³/mol. The highest BCUT2D eigenvalue weighted by molar-refractivity contribution is 7.98. The van der Waals surface area contributed by atoms with Gasteiger partial charge in [0.05, 0.1) is 12.6 Å². The number of carbonyl (C=O) groups is 4. The number of aliphatic hydroxyl groups is 1. The van der Waals surface area contributed by atoms with Crippen molar-refractivity contribution in [3.05, 3.63) is 35.9 Å². The largest absolute Gasteiger partial charge is 0.444 e. The molecule has 10 nitrogen and oxygen atoms in total. The number of thioether (sulfide) groups is 1. The zero-order valence-corrected chi connectivity index (χ0v) is 21.4. The second kappa shape index (κ2) is 13.8. The van der Waals surface area contributed by atoms with Crippen molar-refractivity contribution in [2.45, 2.75) is 51.0 Å². The molecule has 4 amide bonds. The number of ether oxygens (including phenoxy) is 1. The molecule has 0 aliphatic rings. The maximum atomic E-state index is 12.5. The molecule has 3 unspecified atom stereocenters. The molecular formula is C23H36N4O6S. The summed E-state index contributed by atoms with van der Waals surface area (Å²) in [4.78, 5) is 51.0. The van der Waals surface area contributed by atoms with Crippen molar-refractivity contribution in [1.82, 2.24) is 20.9 Å². The molecule has 0 aliphatic heterocycles. The first-order valence-corrected chi connectivity index (χ1v) is 12.2. The van der Waals surface area contributed by atoms with Crippen LogP contribution in [0.1, 0.15) is 38.8 Å². The summed E-state index contributed by atoms with van der Waals surface area (Å²) in [7, 11) is 3.16. The lowest BCUT2D eigenvalue weighted by atomic mass is 10.1. The normalized spacial score (nSPS) is 13.7. The zero-order valence-electron chi connectivity index (χ0n) is 20.6. The van der Waals surface area contributed by atoms with E-state index in [-0.39, 0.29) is 5.91 Å². The van der Waals surface area contributed by atoms with E-state index < -0.39 is 48.2 Å². The highest BCUT2D eigenvalue weighted by Gasteiger charge is 2.30. The molecule has 0 aromatic heterocycles. The number of aliphatic hydroxyl groups excluding tert-OH is 1. The number of carbonyl (C=O) groups excluding carboxylic acids is 4. The maximum absolute atomic E-state index is 12.5. The molecule has 0 saturated carbocycles. The molecule has 0 bridgehead atoms.